The van der Waals surface area contributed by atoms with E-state index in [2.05, 4.69) is 6.07 Å². The molecule has 0 N–H and O–H groups in total. The Bertz CT molecular complexity index is 461. The van der Waals surface area contributed by atoms with Crippen LogP contribution in [0.1, 0.15) is 19.4 Å². The quantitative estimate of drug-likeness (QED) is 0.579. The molecule has 0 atom stereocenters. The van der Waals surface area contributed by atoms with Gasteiger partial charge < -0.3 is 4.74 Å². The Kier molecular flexibility index (Phi) is 3.14. The molecule has 0 aliphatic rings. The standard InChI is InChI=1S/C11H12N2O3/c1-11(2,7-12)8-5-4-6-9(13(14)15)10(8)16-3/h4-6H,1-3H3. The van der Waals surface area contributed by atoms with Gasteiger partial charge in [-0.15, -0.1) is 0 Å². The van der Waals surface area contributed by atoms with E-state index in [1.807, 2.05) is 0 Å². The van der Waals surface area contributed by atoms with Crippen molar-refractivity contribution in [2.45, 2.75) is 19.3 Å². The van der Waals surface area contributed by atoms with Crippen LogP contribution < -0.4 is 4.74 Å². The van der Waals surface area contributed by atoms with E-state index < -0.39 is 10.3 Å². The van der Waals surface area contributed by atoms with E-state index in [0.717, 1.165) is 0 Å². The summed E-state index contributed by atoms with van der Waals surface area (Å²) in [4.78, 5) is 10.3. The number of nitrogens with zero attached hydrogens (tertiary/aromatic N) is 2. The molecule has 0 aliphatic heterocycles. The lowest BCUT2D eigenvalue weighted by atomic mass is 9.85. The zero-order chi connectivity index (χ0) is 12.3. The highest BCUT2D eigenvalue weighted by Crippen LogP contribution is 2.37. The Morgan fingerprint density at radius 3 is 2.56 bits per heavy atom. The van der Waals surface area contributed by atoms with Gasteiger partial charge in [0.05, 0.1) is 23.5 Å². The van der Waals surface area contributed by atoms with Crippen LogP contribution in [-0.4, -0.2) is 12.0 Å². The summed E-state index contributed by atoms with van der Waals surface area (Å²) in [6, 6.07) is 6.67. The Hall–Kier alpha value is -2.09. The minimum absolute atomic E-state index is 0.122. The van der Waals surface area contributed by atoms with Crippen LogP contribution in [0.5, 0.6) is 5.75 Å². The molecule has 0 saturated carbocycles. The predicted octanol–water partition coefficient (Wildman–Crippen LogP) is 2.40. The second-order valence-electron chi connectivity index (χ2n) is 3.85. The van der Waals surface area contributed by atoms with Gasteiger partial charge in [-0.25, -0.2) is 0 Å². The van der Waals surface area contributed by atoms with E-state index in [-0.39, 0.29) is 11.4 Å². The Morgan fingerprint density at radius 2 is 2.12 bits per heavy atom. The largest absolute Gasteiger partial charge is 0.490 e. The van der Waals surface area contributed by atoms with Crippen molar-refractivity contribution in [1.82, 2.24) is 0 Å². The molecule has 1 aromatic carbocycles. The van der Waals surface area contributed by atoms with Crippen LogP contribution in [0.2, 0.25) is 0 Å². The molecule has 0 spiro atoms. The summed E-state index contributed by atoms with van der Waals surface area (Å²) in [6.45, 7) is 3.38. The molecule has 0 amide bonds. The molecule has 0 unspecified atom stereocenters. The minimum atomic E-state index is -0.822. The van der Waals surface area contributed by atoms with Crippen molar-refractivity contribution in [3.63, 3.8) is 0 Å². The molecule has 5 nitrogen and oxygen atoms in total. The summed E-state index contributed by atoms with van der Waals surface area (Å²) in [5, 5.41) is 19.8. The zero-order valence-electron chi connectivity index (χ0n) is 9.35. The van der Waals surface area contributed by atoms with Crippen molar-refractivity contribution in [3.8, 4) is 11.8 Å². The van der Waals surface area contributed by atoms with Crippen LogP contribution in [0.25, 0.3) is 0 Å². The lowest BCUT2D eigenvalue weighted by molar-refractivity contribution is -0.385. The van der Waals surface area contributed by atoms with Crippen LogP contribution in [-0.2, 0) is 5.41 Å². The lowest BCUT2D eigenvalue weighted by Gasteiger charge is -2.18. The second-order valence-corrected chi connectivity index (χ2v) is 3.85. The topological polar surface area (TPSA) is 76.2 Å². The first-order valence-corrected chi connectivity index (χ1v) is 4.67. The number of nitro groups is 1. The lowest BCUT2D eigenvalue weighted by Crippen LogP contribution is -2.15. The van der Waals surface area contributed by atoms with Crippen molar-refractivity contribution in [2.75, 3.05) is 7.11 Å². The van der Waals surface area contributed by atoms with Crippen LogP contribution in [0.3, 0.4) is 0 Å². The maximum Gasteiger partial charge on any atom is 0.311 e. The molecule has 0 aliphatic carbocycles. The summed E-state index contributed by atoms with van der Waals surface area (Å²) < 4.78 is 5.03. The molecule has 0 fully saturated rings. The second kappa shape index (κ2) is 4.19. The molecule has 0 radical (unpaired) electrons. The van der Waals surface area contributed by atoms with Crippen molar-refractivity contribution in [2.24, 2.45) is 0 Å². The SMILES string of the molecule is COc1c([N+](=O)[O-])cccc1C(C)(C)C#N. The van der Waals surface area contributed by atoms with Gasteiger partial charge in [-0.05, 0) is 13.8 Å². The average molecular weight is 220 g/mol. The number of hydrogen-bond acceptors (Lipinski definition) is 4. The molecular formula is C11H12N2O3. The minimum Gasteiger partial charge on any atom is -0.490 e. The first kappa shape index (κ1) is 12.0. The van der Waals surface area contributed by atoms with Gasteiger partial charge in [-0.1, -0.05) is 12.1 Å². The maximum atomic E-state index is 10.8. The van der Waals surface area contributed by atoms with E-state index in [4.69, 9.17) is 10.00 Å². The molecule has 0 bridgehead atoms. The zero-order valence-corrected chi connectivity index (χ0v) is 9.35. The van der Waals surface area contributed by atoms with Crippen LogP contribution in [0, 0.1) is 21.4 Å². The number of benzene rings is 1. The fourth-order valence-electron chi connectivity index (χ4n) is 1.44. The van der Waals surface area contributed by atoms with Crippen molar-refractivity contribution in [3.05, 3.63) is 33.9 Å². The molecule has 0 saturated heterocycles. The monoisotopic (exact) mass is 220 g/mol. The molecule has 0 aromatic heterocycles. The van der Waals surface area contributed by atoms with Gasteiger partial charge >= 0.3 is 5.69 Å². The van der Waals surface area contributed by atoms with E-state index >= 15 is 0 Å². The summed E-state index contributed by atoms with van der Waals surface area (Å²) in [5.74, 6) is 0.152. The molecule has 1 rings (SSSR count). The van der Waals surface area contributed by atoms with Crippen LogP contribution in [0.15, 0.2) is 18.2 Å². The third-order valence-electron chi connectivity index (χ3n) is 2.35. The molecule has 0 heterocycles. The first-order chi connectivity index (χ1) is 7.44. The summed E-state index contributed by atoms with van der Waals surface area (Å²) in [7, 11) is 1.36. The number of nitriles is 1. The smallest absolute Gasteiger partial charge is 0.311 e. The van der Waals surface area contributed by atoms with Gasteiger partial charge in [0.1, 0.15) is 0 Å². The van der Waals surface area contributed by atoms with E-state index in [1.54, 1.807) is 26.0 Å². The normalized spacial score (nSPS) is 10.6. The summed E-state index contributed by atoms with van der Waals surface area (Å²) >= 11 is 0. The van der Waals surface area contributed by atoms with Gasteiger partial charge in [-0.2, -0.15) is 5.26 Å². The first-order valence-electron chi connectivity index (χ1n) is 4.67. The molecule has 5 heteroatoms. The fourth-order valence-corrected chi connectivity index (χ4v) is 1.44. The number of methoxy groups -OCH3 is 1. The highest BCUT2D eigenvalue weighted by atomic mass is 16.6. The predicted molar refractivity (Wildman–Crippen MR) is 58.3 cm³/mol. The maximum absolute atomic E-state index is 10.8. The van der Waals surface area contributed by atoms with Crippen molar-refractivity contribution in [1.29, 1.82) is 5.26 Å². The van der Waals surface area contributed by atoms with Crippen molar-refractivity contribution >= 4 is 5.69 Å². The Morgan fingerprint density at radius 1 is 1.50 bits per heavy atom. The summed E-state index contributed by atoms with van der Waals surface area (Å²) in [6.07, 6.45) is 0. The van der Waals surface area contributed by atoms with E-state index in [1.165, 1.54) is 13.2 Å². The third kappa shape index (κ3) is 1.96. The average Bonchev–Trinajstić information content (AvgIpc) is 2.27. The highest BCUT2D eigenvalue weighted by molar-refractivity contribution is 5.55. The number of nitro benzene ring substituents is 1. The number of para-hydroxylation sites is 1. The number of hydrogen-bond donors (Lipinski definition) is 0. The Balaban J connectivity index is 3.48. The molecule has 1 aromatic rings. The molecular weight excluding hydrogens is 208 g/mol. The number of rotatable bonds is 3. The highest BCUT2D eigenvalue weighted by Gasteiger charge is 2.29. The van der Waals surface area contributed by atoms with E-state index in [9.17, 15) is 10.1 Å². The van der Waals surface area contributed by atoms with Crippen molar-refractivity contribution < 1.29 is 9.66 Å². The summed E-state index contributed by atoms with van der Waals surface area (Å²) in [5.41, 5.74) is -0.424. The van der Waals surface area contributed by atoms with Gasteiger partial charge in [-0.3, -0.25) is 10.1 Å². The Labute approximate surface area is 93.4 Å². The van der Waals surface area contributed by atoms with Gasteiger partial charge in [0.2, 0.25) is 5.75 Å². The van der Waals surface area contributed by atoms with Crippen LogP contribution >= 0.6 is 0 Å². The van der Waals surface area contributed by atoms with E-state index in [0.29, 0.717) is 5.56 Å². The third-order valence-corrected chi connectivity index (χ3v) is 2.35. The number of ether oxygens (including phenoxy) is 1. The molecule has 16 heavy (non-hydrogen) atoms. The fraction of sp³-hybridized carbons (Fsp3) is 0.364. The van der Waals surface area contributed by atoms with Gasteiger partial charge in [0.25, 0.3) is 0 Å². The van der Waals surface area contributed by atoms with Gasteiger partial charge in [0, 0.05) is 11.6 Å². The van der Waals surface area contributed by atoms with Gasteiger partial charge in [0.15, 0.2) is 0 Å². The molecule has 84 valence electrons. The van der Waals surface area contributed by atoms with Crippen LogP contribution in [0.4, 0.5) is 5.69 Å².